The summed E-state index contributed by atoms with van der Waals surface area (Å²) in [6, 6.07) is 8.92. The van der Waals surface area contributed by atoms with E-state index in [9.17, 15) is 9.59 Å². The molecule has 4 heteroatoms. The SMILES string of the molecule is CCOC(=O)[C@@H](NC(=O)C=Cc1ccccc1)[C@@H](C)CC. The highest BCUT2D eigenvalue weighted by molar-refractivity contribution is 5.94. The van der Waals surface area contributed by atoms with E-state index in [0.717, 1.165) is 12.0 Å². The van der Waals surface area contributed by atoms with Gasteiger partial charge in [0.25, 0.3) is 0 Å². The van der Waals surface area contributed by atoms with Crippen LogP contribution >= 0.6 is 0 Å². The number of hydrogen-bond acceptors (Lipinski definition) is 3. The molecule has 1 N–H and O–H groups in total. The lowest BCUT2D eigenvalue weighted by molar-refractivity contribution is -0.148. The molecule has 0 spiro atoms. The highest BCUT2D eigenvalue weighted by Crippen LogP contribution is 2.10. The molecule has 0 aromatic heterocycles. The van der Waals surface area contributed by atoms with Crippen molar-refractivity contribution in [2.75, 3.05) is 6.61 Å². The fraction of sp³-hybridized carbons (Fsp3) is 0.412. The molecule has 0 bridgehead atoms. The van der Waals surface area contributed by atoms with Crippen molar-refractivity contribution in [3.63, 3.8) is 0 Å². The molecule has 1 aromatic rings. The number of ether oxygens (including phenoxy) is 1. The lowest BCUT2D eigenvalue weighted by Gasteiger charge is -2.21. The molecule has 2 atom stereocenters. The molecule has 0 saturated carbocycles. The molecule has 4 nitrogen and oxygen atoms in total. The molecule has 0 radical (unpaired) electrons. The van der Waals surface area contributed by atoms with Gasteiger partial charge in [-0.3, -0.25) is 4.79 Å². The van der Waals surface area contributed by atoms with Gasteiger partial charge in [0.05, 0.1) is 6.61 Å². The van der Waals surface area contributed by atoms with Crippen LogP contribution in [-0.4, -0.2) is 24.5 Å². The van der Waals surface area contributed by atoms with Gasteiger partial charge in [0, 0.05) is 6.08 Å². The summed E-state index contributed by atoms with van der Waals surface area (Å²) in [5, 5.41) is 2.72. The van der Waals surface area contributed by atoms with Crippen molar-refractivity contribution in [2.45, 2.75) is 33.2 Å². The molecular weight excluding hydrogens is 266 g/mol. The second kappa shape index (κ2) is 8.95. The Morgan fingerprint density at radius 1 is 1.24 bits per heavy atom. The van der Waals surface area contributed by atoms with Crippen molar-refractivity contribution < 1.29 is 14.3 Å². The predicted molar refractivity (Wildman–Crippen MR) is 83.5 cm³/mol. The summed E-state index contributed by atoms with van der Waals surface area (Å²) < 4.78 is 5.01. The van der Waals surface area contributed by atoms with Crippen LogP contribution < -0.4 is 5.32 Å². The normalized spacial score (nSPS) is 13.7. The zero-order chi connectivity index (χ0) is 15.7. The molecule has 1 amide bonds. The van der Waals surface area contributed by atoms with Gasteiger partial charge < -0.3 is 10.1 Å². The Labute approximate surface area is 126 Å². The lowest BCUT2D eigenvalue weighted by atomic mass is 9.99. The summed E-state index contributed by atoms with van der Waals surface area (Å²) in [6.07, 6.45) is 3.93. The second-order valence-corrected chi connectivity index (χ2v) is 4.87. The molecule has 0 fully saturated rings. The monoisotopic (exact) mass is 289 g/mol. The van der Waals surface area contributed by atoms with E-state index in [-0.39, 0.29) is 17.8 Å². The summed E-state index contributed by atoms with van der Waals surface area (Å²) in [6.45, 7) is 5.95. The van der Waals surface area contributed by atoms with Gasteiger partial charge in [-0.05, 0) is 24.5 Å². The third kappa shape index (κ3) is 5.81. The maximum absolute atomic E-state index is 12.0. The number of carbonyl (C=O) groups is 2. The predicted octanol–water partition coefficient (Wildman–Crippen LogP) is 2.79. The van der Waals surface area contributed by atoms with E-state index < -0.39 is 6.04 Å². The van der Waals surface area contributed by atoms with Crippen LogP contribution in [0.5, 0.6) is 0 Å². The van der Waals surface area contributed by atoms with Gasteiger partial charge >= 0.3 is 5.97 Å². The average Bonchev–Trinajstić information content (AvgIpc) is 2.51. The standard InChI is InChI=1S/C17H23NO3/c1-4-13(3)16(17(20)21-5-2)18-15(19)12-11-14-9-7-6-8-10-14/h6-13,16H,4-5H2,1-3H3,(H,18,19)/t13-,16-/m0/s1. The molecule has 1 rings (SSSR count). The van der Waals surface area contributed by atoms with Crippen molar-refractivity contribution in [1.29, 1.82) is 0 Å². The Bertz CT molecular complexity index is 482. The van der Waals surface area contributed by atoms with Crippen molar-refractivity contribution in [1.82, 2.24) is 5.32 Å². The van der Waals surface area contributed by atoms with Crippen LogP contribution in [0.25, 0.3) is 6.08 Å². The quantitative estimate of drug-likeness (QED) is 0.620. The highest BCUT2D eigenvalue weighted by Gasteiger charge is 2.26. The molecule has 21 heavy (non-hydrogen) atoms. The first-order chi connectivity index (χ1) is 10.1. The number of esters is 1. The average molecular weight is 289 g/mol. The van der Waals surface area contributed by atoms with E-state index in [0.29, 0.717) is 6.61 Å². The van der Waals surface area contributed by atoms with Gasteiger partial charge in [-0.15, -0.1) is 0 Å². The topological polar surface area (TPSA) is 55.4 Å². The van der Waals surface area contributed by atoms with Crippen LogP contribution in [0.2, 0.25) is 0 Å². The van der Waals surface area contributed by atoms with E-state index in [1.54, 1.807) is 13.0 Å². The maximum Gasteiger partial charge on any atom is 0.328 e. The van der Waals surface area contributed by atoms with Crippen molar-refractivity contribution in [3.05, 3.63) is 42.0 Å². The van der Waals surface area contributed by atoms with E-state index in [1.165, 1.54) is 6.08 Å². The first-order valence-corrected chi connectivity index (χ1v) is 7.28. The Morgan fingerprint density at radius 3 is 2.48 bits per heavy atom. The largest absolute Gasteiger partial charge is 0.464 e. The summed E-state index contributed by atoms with van der Waals surface area (Å²) >= 11 is 0. The van der Waals surface area contributed by atoms with Crippen LogP contribution in [-0.2, 0) is 14.3 Å². The van der Waals surface area contributed by atoms with Crippen molar-refractivity contribution in [2.24, 2.45) is 5.92 Å². The molecule has 1 aromatic carbocycles. The van der Waals surface area contributed by atoms with Gasteiger partial charge in [-0.2, -0.15) is 0 Å². The van der Waals surface area contributed by atoms with E-state index in [2.05, 4.69) is 5.32 Å². The van der Waals surface area contributed by atoms with Crippen molar-refractivity contribution in [3.8, 4) is 0 Å². The Kier molecular flexibility index (Phi) is 7.23. The minimum atomic E-state index is -0.608. The van der Waals surface area contributed by atoms with Gasteiger partial charge in [0.2, 0.25) is 5.91 Å². The lowest BCUT2D eigenvalue weighted by Crippen LogP contribution is -2.45. The Hall–Kier alpha value is -2.10. The van der Waals surface area contributed by atoms with Crippen LogP contribution in [0.4, 0.5) is 0 Å². The first-order valence-electron chi connectivity index (χ1n) is 7.28. The minimum absolute atomic E-state index is 0.0260. The smallest absolute Gasteiger partial charge is 0.328 e. The zero-order valence-electron chi connectivity index (χ0n) is 12.8. The van der Waals surface area contributed by atoms with E-state index in [1.807, 2.05) is 44.2 Å². The molecular formula is C17H23NO3. The van der Waals surface area contributed by atoms with Crippen molar-refractivity contribution >= 4 is 18.0 Å². The molecule has 0 unspecified atom stereocenters. The number of rotatable bonds is 7. The molecule has 0 aliphatic heterocycles. The number of carbonyl (C=O) groups excluding carboxylic acids is 2. The third-order valence-electron chi connectivity index (χ3n) is 3.28. The van der Waals surface area contributed by atoms with Crippen LogP contribution in [0, 0.1) is 5.92 Å². The fourth-order valence-electron chi connectivity index (χ4n) is 1.84. The second-order valence-electron chi connectivity index (χ2n) is 4.87. The van der Waals surface area contributed by atoms with E-state index in [4.69, 9.17) is 4.74 Å². The van der Waals surface area contributed by atoms with Crippen LogP contribution in [0.1, 0.15) is 32.8 Å². The summed E-state index contributed by atoms with van der Waals surface area (Å²) in [4.78, 5) is 23.8. The third-order valence-corrected chi connectivity index (χ3v) is 3.28. The summed E-state index contributed by atoms with van der Waals surface area (Å²) in [5.41, 5.74) is 0.934. The number of benzene rings is 1. The number of amides is 1. The molecule has 0 aliphatic rings. The number of nitrogens with one attached hydrogen (secondary N) is 1. The van der Waals surface area contributed by atoms with E-state index >= 15 is 0 Å². The Morgan fingerprint density at radius 2 is 1.90 bits per heavy atom. The summed E-state index contributed by atoms with van der Waals surface area (Å²) in [7, 11) is 0. The van der Waals surface area contributed by atoms with Gasteiger partial charge in [0.1, 0.15) is 6.04 Å². The van der Waals surface area contributed by atoms with Gasteiger partial charge in [-0.25, -0.2) is 4.79 Å². The number of hydrogen-bond donors (Lipinski definition) is 1. The van der Waals surface area contributed by atoms with Gasteiger partial charge in [-0.1, -0.05) is 50.6 Å². The molecule has 0 saturated heterocycles. The first kappa shape index (κ1) is 17.0. The Balaban J connectivity index is 2.67. The van der Waals surface area contributed by atoms with Crippen LogP contribution in [0.15, 0.2) is 36.4 Å². The van der Waals surface area contributed by atoms with Crippen LogP contribution in [0.3, 0.4) is 0 Å². The fourth-order valence-corrected chi connectivity index (χ4v) is 1.84. The maximum atomic E-state index is 12.0. The zero-order valence-corrected chi connectivity index (χ0v) is 12.8. The van der Waals surface area contributed by atoms with Gasteiger partial charge in [0.15, 0.2) is 0 Å². The minimum Gasteiger partial charge on any atom is -0.464 e. The molecule has 0 aliphatic carbocycles. The molecule has 0 heterocycles. The highest BCUT2D eigenvalue weighted by atomic mass is 16.5. The summed E-state index contributed by atoms with van der Waals surface area (Å²) in [5.74, 6) is -0.649. The molecule has 114 valence electrons.